The van der Waals surface area contributed by atoms with Crippen LogP contribution in [0, 0.1) is 57.2 Å². The normalized spacial score (nSPS) is 18.1. The number of allylic oxidation sites excluding steroid dienone is 3. The van der Waals surface area contributed by atoms with Gasteiger partial charge in [0, 0.05) is 5.92 Å². The number of aliphatic hydroxyl groups excluding tert-OH is 1. The van der Waals surface area contributed by atoms with Gasteiger partial charge in [0.15, 0.2) is 0 Å². The number of hydrogen-bond acceptors (Lipinski definition) is 1. The average molecular weight is 456 g/mol. The van der Waals surface area contributed by atoms with E-state index in [9.17, 15) is 22.4 Å². The molecule has 1 N–H and O–H groups in total. The standard InChI is InChI=1S/C10H16O.C5H5.2CO.BF4.Mo/c1-8(2)10(11)9-6-4-3-5-7-9;1-2-4-5-3-1;2*1-2;2-1(3,4)5;/h3-6,8-11H,7H2,1-2H3;1-5H;;;;/q;;;;-1;+2/t9-,10+;;;;;/m1...../s1. The van der Waals surface area contributed by atoms with Gasteiger partial charge in [-0.05, 0) is 44.4 Å². The Bertz CT molecular complexity index is 373. The number of aliphatic hydroxyl groups is 1. The van der Waals surface area contributed by atoms with Crippen molar-refractivity contribution >= 4 is 7.25 Å². The first kappa shape index (κ1) is 33.0. The Hall–Kier alpha value is -0.607. The first-order valence-electron chi connectivity index (χ1n) is 7.18. The van der Waals surface area contributed by atoms with Gasteiger partial charge >= 0.3 is 50.9 Å². The summed E-state index contributed by atoms with van der Waals surface area (Å²) in [6.45, 7) is 13.1. The summed E-state index contributed by atoms with van der Waals surface area (Å²) >= 11 is 0. The fraction of sp³-hybridized carbons (Fsp3) is 0.353. The minimum Gasteiger partial charge on any atom is -0.0312 e. The van der Waals surface area contributed by atoms with E-state index in [4.69, 9.17) is 9.30 Å². The van der Waals surface area contributed by atoms with Crippen LogP contribution in [0.3, 0.4) is 0 Å². The second-order valence-electron chi connectivity index (χ2n) is 4.90. The van der Waals surface area contributed by atoms with Crippen molar-refractivity contribution in [1.82, 2.24) is 0 Å². The quantitative estimate of drug-likeness (QED) is 0.285. The van der Waals surface area contributed by atoms with Crippen molar-refractivity contribution in [3.8, 4) is 0 Å². The van der Waals surface area contributed by atoms with Crippen LogP contribution < -0.4 is 0 Å². The van der Waals surface area contributed by atoms with Crippen LogP contribution in [0.4, 0.5) is 17.3 Å². The van der Waals surface area contributed by atoms with E-state index in [-0.39, 0.29) is 27.2 Å². The summed E-state index contributed by atoms with van der Waals surface area (Å²) in [7, 11) is -6.00. The van der Waals surface area contributed by atoms with Crippen LogP contribution in [0.2, 0.25) is 0 Å². The van der Waals surface area contributed by atoms with Crippen LogP contribution >= 0.6 is 0 Å². The molecule has 9 heteroatoms. The van der Waals surface area contributed by atoms with E-state index in [1.165, 1.54) is 0 Å². The summed E-state index contributed by atoms with van der Waals surface area (Å²) < 4.78 is 54.0. The Labute approximate surface area is 168 Å². The van der Waals surface area contributed by atoms with Crippen LogP contribution in [0.5, 0.6) is 0 Å². The van der Waals surface area contributed by atoms with Gasteiger partial charge in [-0.2, -0.15) is 0 Å². The Kier molecular flexibility index (Phi) is 28.5. The zero-order valence-corrected chi connectivity index (χ0v) is 16.4. The van der Waals surface area contributed by atoms with E-state index in [2.05, 4.69) is 39.3 Å². The molecule has 1 fully saturated rings. The maximum absolute atomic E-state index is 9.75. The smallest absolute Gasteiger partial charge is 0.0312 e. The summed E-state index contributed by atoms with van der Waals surface area (Å²) in [5.74, 6) is 0.691. The summed E-state index contributed by atoms with van der Waals surface area (Å²) in [4.78, 5) is 0. The van der Waals surface area contributed by atoms with Crippen molar-refractivity contribution in [2.24, 2.45) is 11.8 Å². The van der Waals surface area contributed by atoms with Gasteiger partial charge in [-0.1, -0.05) is 38.2 Å². The van der Waals surface area contributed by atoms with Crippen LogP contribution in [0.25, 0.3) is 0 Å². The van der Waals surface area contributed by atoms with Crippen molar-refractivity contribution in [2.45, 2.75) is 26.4 Å². The molecular weight excluding hydrogens is 435 g/mol. The maximum atomic E-state index is 9.75. The van der Waals surface area contributed by atoms with Gasteiger partial charge in [0.25, 0.3) is 0 Å². The van der Waals surface area contributed by atoms with Crippen molar-refractivity contribution in [3.63, 3.8) is 0 Å². The van der Waals surface area contributed by atoms with Crippen molar-refractivity contribution < 1.29 is 52.7 Å². The van der Waals surface area contributed by atoms with E-state index >= 15 is 0 Å². The summed E-state index contributed by atoms with van der Waals surface area (Å²) in [5.41, 5.74) is 0. The van der Waals surface area contributed by atoms with E-state index < -0.39 is 7.25 Å². The van der Waals surface area contributed by atoms with Gasteiger partial charge in [-0.15, -0.1) is 0 Å². The zero-order valence-electron chi connectivity index (χ0n) is 14.4. The molecule has 0 spiro atoms. The van der Waals surface area contributed by atoms with E-state index in [0.29, 0.717) is 11.8 Å². The third-order valence-corrected chi connectivity index (χ3v) is 2.69. The molecule has 0 bridgehead atoms. The topological polar surface area (TPSA) is 60.0 Å². The number of halogens is 4. The molecule has 0 aromatic carbocycles. The molecule has 0 heterocycles. The summed E-state index contributed by atoms with van der Waals surface area (Å²) in [5, 5.41) is 9.67. The second-order valence-corrected chi connectivity index (χ2v) is 4.90. The maximum Gasteiger partial charge on any atom is 2.00 e. The molecule has 0 unspecified atom stereocenters. The molecule has 3 nitrogen and oxygen atoms in total. The number of hydrogen-bond donors (Lipinski definition) is 1. The van der Waals surface area contributed by atoms with Gasteiger partial charge in [0.05, 0.1) is 6.10 Å². The fourth-order valence-corrected chi connectivity index (χ4v) is 1.67. The van der Waals surface area contributed by atoms with Crippen LogP contribution in [-0.2, 0) is 30.4 Å². The molecule has 2 atom stereocenters. The average Bonchev–Trinajstić information content (AvgIpc) is 3.17. The monoisotopic (exact) mass is 458 g/mol. The van der Waals surface area contributed by atoms with Gasteiger partial charge in [0.1, 0.15) is 0 Å². The molecule has 0 amide bonds. The molecule has 26 heavy (non-hydrogen) atoms. The van der Waals surface area contributed by atoms with Crippen LogP contribution in [0.15, 0.2) is 24.3 Å². The molecule has 5 radical (unpaired) electrons. The third kappa shape index (κ3) is 28.2. The van der Waals surface area contributed by atoms with Crippen LogP contribution in [0.1, 0.15) is 20.3 Å². The molecule has 2 aliphatic rings. The third-order valence-electron chi connectivity index (χ3n) is 2.69. The van der Waals surface area contributed by atoms with E-state index in [1.54, 1.807) is 0 Å². The fourth-order valence-electron chi connectivity index (χ4n) is 1.67. The number of rotatable bonds is 2. The first-order chi connectivity index (χ1) is 11.7. The largest absolute Gasteiger partial charge is 2.00 e. The predicted octanol–water partition coefficient (Wildman–Crippen LogP) is 4.38. The minimum atomic E-state index is -6.00. The molecule has 2 aliphatic carbocycles. The van der Waals surface area contributed by atoms with Gasteiger partial charge in [-0.25, -0.2) is 0 Å². The Morgan fingerprint density at radius 2 is 1.27 bits per heavy atom. The van der Waals surface area contributed by atoms with E-state index in [1.807, 2.05) is 44.3 Å². The molecule has 0 saturated heterocycles. The Morgan fingerprint density at radius 1 is 0.923 bits per heavy atom. The molecule has 0 aliphatic heterocycles. The van der Waals surface area contributed by atoms with Crippen molar-refractivity contribution in [2.75, 3.05) is 0 Å². The SMILES string of the molecule is CC(C)[C@H](O)[C@@H]1C=CC=CC1.F[B-](F)(F)F.[C-]#[O+].[C-]#[O+].[CH]1[CH][CH][CH][CH]1.[Mo+2]. The molecule has 0 aromatic heterocycles. The van der Waals surface area contributed by atoms with Gasteiger partial charge in [0.2, 0.25) is 0 Å². The van der Waals surface area contributed by atoms with Gasteiger partial charge < -0.3 is 22.4 Å². The first-order valence-corrected chi connectivity index (χ1v) is 7.18. The predicted molar refractivity (Wildman–Crippen MR) is 86.8 cm³/mol. The van der Waals surface area contributed by atoms with Crippen LogP contribution in [-0.4, -0.2) is 18.5 Å². The molecule has 143 valence electrons. The Morgan fingerprint density at radius 3 is 1.50 bits per heavy atom. The summed E-state index contributed by atoms with van der Waals surface area (Å²) in [6.07, 6.45) is 19.0. The van der Waals surface area contributed by atoms with Gasteiger partial charge in [-0.3, -0.25) is 0 Å². The minimum absolute atomic E-state index is 0. The molecule has 1 saturated carbocycles. The molecule has 0 aromatic rings. The Balaban J connectivity index is -0.000000137. The van der Waals surface area contributed by atoms with E-state index in [0.717, 1.165) is 6.42 Å². The van der Waals surface area contributed by atoms with Crippen molar-refractivity contribution in [1.29, 1.82) is 0 Å². The second kappa shape index (κ2) is 22.4. The zero-order chi connectivity index (χ0) is 20.3. The molecule has 2 rings (SSSR count). The summed E-state index contributed by atoms with van der Waals surface area (Å²) in [6, 6.07) is 0. The molecular formula is C17H21BF4MoO3+. The van der Waals surface area contributed by atoms with Crippen molar-refractivity contribution in [3.05, 3.63) is 69.7 Å².